The molecule has 1 saturated heterocycles. The Morgan fingerprint density at radius 1 is 1.33 bits per heavy atom. The summed E-state index contributed by atoms with van der Waals surface area (Å²) in [6.45, 7) is 1.30. The second kappa shape index (κ2) is 10.6. The molecule has 3 rings (SSSR count). The molecule has 0 saturated carbocycles. The minimum Gasteiger partial charge on any atom is -0.370 e. The number of aryl methyl sites for hydroxylation is 1. The lowest BCUT2D eigenvalue weighted by molar-refractivity contribution is -0.115. The van der Waals surface area contributed by atoms with Gasteiger partial charge in [0.25, 0.3) is 0 Å². The van der Waals surface area contributed by atoms with E-state index in [0.29, 0.717) is 25.7 Å². The van der Waals surface area contributed by atoms with Gasteiger partial charge in [-0.15, -0.1) is 24.0 Å². The molecular formula is C18H22F3IN6O2. The average molecular weight is 538 g/mol. The molecule has 0 aliphatic carbocycles. The number of morpholine rings is 1. The largest absolute Gasteiger partial charge is 0.370 e. The van der Waals surface area contributed by atoms with Crippen LogP contribution >= 0.6 is 24.0 Å². The number of guanidine groups is 1. The number of aromatic nitrogens is 2. The van der Waals surface area contributed by atoms with E-state index in [1.807, 2.05) is 18.1 Å². The molecule has 0 radical (unpaired) electrons. The highest BCUT2D eigenvalue weighted by Crippen LogP contribution is 2.22. The topological polar surface area (TPSA) is 83.8 Å². The monoisotopic (exact) mass is 538 g/mol. The third kappa shape index (κ3) is 5.62. The van der Waals surface area contributed by atoms with Crippen molar-refractivity contribution in [1.82, 2.24) is 20.0 Å². The lowest BCUT2D eigenvalue weighted by atomic mass is 10.1. The van der Waals surface area contributed by atoms with Crippen LogP contribution in [0, 0.1) is 17.5 Å². The molecule has 1 atom stereocenters. The summed E-state index contributed by atoms with van der Waals surface area (Å²) in [5.41, 5.74) is 0.493. The summed E-state index contributed by atoms with van der Waals surface area (Å²) in [5, 5.41) is 9.22. The zero-order chi connectivity index (χ0) is 21.0. The van der Waals surface area contributed by atoms with E-state index in [4.69, 9.17) is 4.74 Å². The zero-order valence-corrected chi connectivity index (χ0v) is 18.7. The number of nitrogens with zero attached hydrogens (tertiary/aromatic N) is 4. The molecule has 1 aliphatic heterocycles. The molecule has 1 fully saturated rings. The van der Waals surface area contributed by atoms with Crippen molar-refractivity contribution in [2.45, 2.75) is 6.10 Å². The van der Waals surface area contributed by atoms with Crippen LogP contribution in [0.3, 0.4) is 0 Å². The number of aliphatic imine (C=N–C) groups is 1. The summed E-state index contributed by atoms with van der Waals surface area (Å²) in [7, 11) is 3.39. The maximum absolute atomic E-state index is 13.7. The summed E-state index contributed by atoms with van der Waals surface area (Å²) >= 11 is 0. The van der Waals surface area contributed by atoms with Gasteiger partial charge in [0.2, 0.25) is 5.91 Å². The normalized spacial score (nSPS) is 16.8. The van der Waals surface area contributed by atoms with E-state index in [1.54, 1.807) is 17.9 Å². The first-order chi connectivity index (χ1) is 13.9. The van der Waals surface area contributed by atoms with Crippen LogP contribution in [0.5, 0.6) is 0 Å². The Morgan fingerprint density at radius 3 is 2.77 bits per heavy atom. The third-order valence-corrected chi connectivity index (χ3v) is 4.39. The lowest BCUT2D eigenvalue weighted by Gasteiger charge is -2.34. The summed E-state index contributed by atoms with van der Waals surface area (Å²) in [5.74, 6) is -4.58. The van der Waals surface area contributed by atoms with Gasteiger partial charge in [0, 0.05) is 32.4 Å². The Hall–Kier alpha value is -2.35. The van der Waals surface area contributed by atoms with Gasteiger partial charge in [-0.3, -0.25) is 14.5 Å². The van der Waals surface area contributed by atoms with Gasteiger partial charge >= 0.3 is 0 Å². The van der Waals surface area contributed by atoms with Crippen molar-refractivity contribution in [3.05, 3.63) is 47.5 Å². The molecule has 12 heteroatoms. The van der Waals surface area contributed by atoms with E-state index in [1.165, 1.54) is 0 Å². The van der Waals surface area contributed by atoms with Gasteiger partial charge in [0.05, 0.1) is 31.6 Å². The molecule has 0 bridgehead atoms. The highest BCUT2D eigenvalue weighted by Gasteiger charge is 2.25. The Bertz CT molecular complexity index is 923. The van der Waals surface area contributed by atoms with Gasteiger partial charge in [-0.2, -0.15) is 5.10 Å². The molecule has 2 aromatic rings. The quantitative estimate of drug-likeness (QED) is 0.270. The highest BCUT2D eigenvalue weighted by molar-refractivity contribution is 14.0. The van der Waals surface area contributed by atoms with E-state index >= 15 is 0 Å². The van der Waals surface area contributed by atoms with Crippen LogP contribution < -0.4 is 10.6 Å². The number of carbonyl (C=O) groups is 1. The molecule has 8 nitrogen and oxygen atoms in total. The van der Waals surface area contributed by atoms with Crippen molar-refractivity contribution in [2.75, 3.05) is 38.6 Å². The minimum absolute atomic E-state index is 0. The maximum atomic E-state index is 13.7. The van der Waals surface area contributed by atoms with Crippen molar-refractivity contribution in [2.24, 2.45) is 12.0 Å². The van der Waals surface area contributed by atoms with Crippen LogP contribution in [0.25, 0.3) is 0 Å². The Balaban J connectivity index is 0.00000320. The van der Waals surface area contributed by atoms with Crippen LogP contribution in [0.4, 0.5) is 18.9 Å². The Morgan fingerprint density at radius 2 is 2.10 bits per heavy atom. The van der Waals surface area contributed by atoms with Crippen molar-refractivity contribution < 1.29 is 22.7 Å². The first kappa shape index (κ1) is 23.9. The SMILES string of the molecule is CN=C(NCC(=O)Nc1ccc(F)c(F)c1F)N1CCOC(c2cnn(C)c2)C1.I. The molecule has 1 unspecified atom stereocenters. The number of halogens is 4. The van der Waals surface area contributed by atoms with Gasteiger partial charge in [0.1, 0.15) is 6.10 Å². The van der Waals surface area contributed by atoms with Crippen molar-refractivity contribution in [3.63, 3.8) is 0 Å². The number of carbonyl (C=O) groups excluding carboxylic acids is 1. The van der Waals surface area contributed by atoms with Crippen LogP contribution in [0.15, 0.2) is 29.5 Å². The van der Waals surface area contributed by atoms with Crippen LogP contribution in [-0.2, 0) is 16.6 Å². The van der Waals surface area contributed by atoms with E-state index in [0.717, 1.165) is 17.7 Å². The van der Waals surface area contributed by atoms with Crippen LogP contribution in [-0.4, -0.2) is 59.8 Å². The number of benzene rings is 1. The molecule has 1 amide bonds. The maximum Gasteiger partial charge on any atom is 0.243 e. The number of rotatable bonds is 4. The van der Waals surface area contributed by atoms with Gasteiger partial charge in [-0.25, -0.2) is 13.2 Å². The van der Waals surface area contributed by atoms with Gasteiger partial charge in [-0.05, 0) is 12.1 Å². The fourth-order valence-electron chi connectivity index (χ4n) is 2.96. The first-order valence-electron chi connectivity index (χ1n) is 8.88. The molecule has 1 aromatic carbocycles. The predicted octanol–water partition coefficient (Wildman–Crippen LogP) is 2.04. The summed E-state index contributed by atoms with van der Waals surface area (Å²) in [6, 6.07) is 1.70. The Labute approximate surface area is 188 Å². The summed E-state index contributed by atoms with van der Waals surface area (Å²) < 4.78 is 47.4. The lowest BCUT2D eigenvalue weighted by Crippen LogP contribution is -2.49. The molecule has 30 heavy (non-hydrogen) atoms. The smallest absolute Gasteiger partial charge is 0.243 e. The van der Waals surface area contributed by atoms with Gasteiger partial charge in [-0.1, -0.05) is 0 Å². The number of nitrogens with one attached hydrogen (secondary N) is 2. The van der Waals surface area contributed by atoms with Crippen molar-refractivity contribution in [3.8, 4) is 0 Å². The van der Waals surface area contributed by atoms with Gasteiger partial charge < -0.3 is 20.3 Å². The fourth-order valence-corrected chi connectivity index (χ4v) is 2.96. The van der Waals surface area contributed by atoms with Crippen molar-refractivity contribution >= 4 is 41.5 Å². The third-order valence-electron chi connectivity index (χ3n) is 4.39. The van der Waals surface area contributed by atoms with Crippen LogP contribution in [0.1, 0.15) is 11.7 Å². The first-order valence-corrected chi connectivity index (χ1v) is 8.88. The second-order valence-corrected chi connectivity index (χ2v) is 6.42. The van der Waals surface area contributed by atoms with Crippen LogP contribution in [0.2, 0.25) is 0 Å². The van der Waals surface area contributed by atoms with E-state index in [-0.39, 0.29) is 36.6 Å². The number of hydrogen-bond acceptors (Lipinski definition) is 4. The van der Waals surface area contributed by atoms with Crippen molar-refractivity contribution in [1.29, 1.82) is 0 Å². The van der Waals surface area contributed by atoms with E-state index in [2.05, 4.69) is 20.7 Å². The number of ether oxygens (including phenoxy) is 1. The number of amides is 1. The summed E-state index contributed by atoms with van der Waals surface area (Å²) in [4.78, 5) is 18.2. The molecule has 0 spiro atoms. The molecule has 1 aliphatic rings. The molecular weight excluding hydrogens is 516 g/mol. The molecule has 2 N–H and O–H groups in total. The zero-order valence-electron chi connectivity index (χ0n) is 16.4. The highest BCUT2D eigenvalue weighted by atomic mass is 127. The number of anilines is 1. The fraction of sp³-hybridized carbons (Fsp3) is 0.389. The van der Waals surface area contributed by atoms with Gasteiger partial charge in [0.15, 0.2) is 23.4 Å². The Kier molecular flexibility index (Phi) is 8.46. The second-order valence-electron chi connectivity index (χ2n) is 6.42. The molecule has 164 valence electrons. The molecule has 2 heterocycles. The minimum atomic E-state index is -1.64. The number of hydrogen-bond donors (Lipinski definition) is 2. The average Bonchev–Trinajstić information content (AvgIpc) is 3.15. The van der Waals surface area contributed by atoms with E-state index < -0.39 is 29.0 Å². The standard InChI is InChI=1S/C18H21F3N6O2.HI/c1-22-18(27-5-6-29-14(10-27)11-7-24-26(2)9-11)23-8-15(28)25-13-4-3-12(19)16(20)17(13)21;/h3-4,7,9,14H,5-6,8,10H2,1-2H3,(H,22,23)(H,25,28);1H. The van der Waals surface area contributed by atoms with E-state index in [9.17, 15) is 18.0 Å². The summed E-state index contributed by atoms with van der Waals surface area (Å²) in [6.07, 6.45) is 3.41. The predicted molar refractivity (Wildman–Crippen MR) is 115 cm³/mol. The molecule has 1 aromatic heterocycles.